The third-order valence-electron chi connectivity index (χ3n) is 2.96. The van der Waals surface area contributed by atoms with Gasteiger partial charge in [-0.15, -0.1) is 0 Å². The van der Waals surface area contributed by atoms with E-state index < -0.39 is 11.7 Å². The van der Waals surface area contributed by atoms with Crippen LogP contribution in [0.4, 0.5) is 10.2 Å². The van der Waals surface area contributed by atoms with E-state index in [-0.39, 0.29) is 0 Å². The van der Waals surface area contributed by atoms with Gasteiger partial charge in [-0.25, -0.2) is 4.98 Å². The third-order valence-corrected chi connectivity index (χ3v) is 2.96. The Hall–Kier alpha value is -1.20. The maximum absolute atomic E-state index is 12.9. The third kappa shape index (κ3) is 3.65. The maximum atomic E-state index is 12.9. The number of rotatable bonds is 5. The Morgan fingerprint density at radius 1 is 1.44 bits per heavy atom. The number of hydrogen-bond donors (Lipinski definition) is 1. The fourth-order valence-electron chi connectivity index (χ4n) is 2.17. The van der Waals surface area contributed by atoms with Crippen LogP contribution < -0.4 is 5.32 Å². The van der Waals surface area contributed by atoms with Gasteiger partial charge in [-0.05, 0) is 25.0 Å². The molecule has 1 aliphatic rings. The first-order chi connectivity index (χ1) is 8.57. The summed E-state index contributed by atoms with van der Waals surface area (Å²) in [6.45, 7) is 6.07. The van der Waals surface area contributed by atoms with Crippen LogP contribution in [0.3, 0.4) is 0 Å². The molecule has 0 aliphatic carbocycles. The maximum Gasteiger partial charge on any atom is 0.214 e. The van der Waals surface area contributed by atoms with Crippen molar-refractivity contribution in [3.8, 4) is 0 Å². The summed E-state index contributed by atoms with van der Waals surface area (Å²) >= 11 is 0. The van der Waals surface area contributed by atoms with Crippen molar-refractivity contribution in [2.75, 3.05) is 25.1 Å². The number of aromatic nitrogens is 1. The number of hydrogen-bond acceptors (Lipinski definition) is 4. The number of anilines is 1. The predicted molar refractivity (Wildman–Crippen MR) is 66.8 cm³/mol. The van der Waals surface area contributed by atoms with Crippen molar-refractivity contribution in [3.05, 3.63) is 24.1 Å². The van der Waals surface area contributed by atoms with Gasteiger partial charge in [0.15, 0.2) is 5.79 Å². The van der Waals surface area contributed by atoms with E-state index in [9.17, 15) is 4.39 Å². The van der Waals surface area contributed by atoms with Gasteiger partial charge in [0.1, 0.15) is 5.82 Å². The van der Waals surface area contributed by atoms with Gasteiger partial charge in [-0.1, -0.05) is 13.0 Å². The topological polar surface area (TPSA) is 43.4 Å². The quantitative estimate of drug-likeness (QED) is 0.819. The van der Waals surface area contributed by atoms with Crippen molar-refractivity contribution in [2.45, 2.75) is 26.1 Å². The summed E-state index contributed by atoms with van der Waals surface area (Å²) in [5.74, 6) is -0.0447. The van der Waals surface area contributed by atoms with Crippen molar-refractivity contribution in [1.82, 2.24) is 4.98 Å². The smallest absolute Gasteiger partial charge is 0.214 e. The second-order valence-electron chi connectivity index (χ2n) is 4.87. The Kier molecular flexibility index (Phi) is 4.14. The Labute approximate surface area is 107 Å². The molecule has 0 unspecified atom stereocenters. The van der Waals surface area contributed by atoms with Crippen LogP contribution in [0, 0.1) is 11.9 Å². The summed E-state index contributed by atoms with van der Waals surface area (Å²) in [6.07, 6.45) is 0.801. The lowest BCUT2D eigenvalue weighted by Crippen LogP contribution is -2.30. The molecule has 1 atom stereocenters. The minimum absolute atomic E-state index is 0.346. The van der Waals surface area contributed by atoms with E-state index in [0.717, 1.165) is 6.42 Å². The van der Waals surface area contributed by atoms with Crippen LogP contribution in [0.25, 0.3) is 0 Å². The lowest BCUT2D eigenvalue weighted by atomic mass is 10.0. The van der Waals surface area contributed by atoms with Gasteiger partial charge >= 0.3 is 0 Å². The molecule has 5 heteroatoms. The van der Waals surface area contributed by atoms with E-state index in [2.05, 4.69) is 17.2 Å². The highest BCUT2D eigenvalue weighted by atomic mass is 19.1. The van der Waals surface area contributed by atoms with Crippen LogP contribution in [0.15, 0.2) is 18.2 Å². The van der Waals surface area contributed by atoms with Gasteiger partial charge in [0.25, 0.3) is 0 Å². The van der Waals surface area contributed by atoms with Crippen molar-refractivity contribution in [1.29, 1.82) is 0 Å². The van der Waals surface area contributed by atoms with E-state index in [1.165, 1.54) is 6.07 Å². The van der Waals surface area contributed by atoms with Crippen molar-refractivity contribution < 1.29 is 13.9 Å². The standard InChI is InChI=1S/C13H19FN2O2/c1-10(8-13(2)17-6-7-18-13)9-15-12-5-3-4-11(14)16-12/h3-5,10H,6-9H2,1-2H3,(H,15,16)/t10-/m0/s1. The first kappa shape index (κ1) is 13.2. The highest BCUT2D eigenvalue weighted by molar-refractivity contribution is 5.33. The summed E-state index contributed by atoms with van der Waals surface area (Å²) in [5.41, 5.74) is 0. The minimum atomic E-state index is -0.476. The molecular weight excluding hydrogens is 235 g/mol. The molecule has 1 fully saturated rings. The molecule has 100 valence electrons. The SMILES string of the molecule is C[C@H](CNc1cccc(F)n1)CC1(C)OCCO1. The molecule has 1 saturated heterocycles. The molecule has 4 nitrogen and oxygen atoms in total. The van der Waals surface area contributed by atoms with Gasteiger partial charge in [0.05, 0.1) is 13.2 Å². The second-order valence-corrected chi connectivity index (χ2v) is 4.87. The van der Waals surface area contributed by atoms with Gasteiger partial charge < -0.3 is 14.8 Å². The van der Waals surface area contributed by atoms with Crippen LogP contribution in [0.1, 0.15) is 20.3 Å². The molecule has 0 radical (unpaired) electrons. The predicted octanol–water partition coefficient (Wildman–Crippen LogP) is 2.42. The molecule has 2 rings (SSSR count). The summed E-state index contributed by atoms with van der Waals surface area (Å²) in [6, 6.07) is 4.72. The molecular formula is C13H19FN2O2. The zero-order valence-corrected chi connectivity index (χ0v) is 10.8. The summed E-state index contributed by atoms with van der Waals surface area (Å²) in [4.78, 5) is 3.75. The largest absolute Gasteiger partial charge is 0.370 e. The van der Waals surface area contributed by atoms with Gasteiger partial charge in [-0.3, -0.25) is 0 Å². The van der Waals surface area contributed by atoms with Gasteiger partial charge in [0, 0.05) is 13.0 Å². The van der Waals surface area contributed by atoms with Crippen LogP contribution in [-0.2, 0) is 9.47 Å². The van der Waals surface area contributed by atoms with Crippen molar-refractivity contribution in [2.24, 2.45) is 5.92 Å². The molecule has 2 heterocycles. The highest BCUT2D eigenvalue weighted by Crippen LogP contribution is 2.26. The molecule has 0 aromatic carbocycles. The number of halogens is 1. The van der Waals surface area contributed by atoms with E-state index in [0.29, 0.717) is 31.5 Å². The van der Waals surface area contributed by atoms with Crippen LogP contribution >= 0.6 is 0 Å². The van der Waals surface area contributed by atoms with E-state index in [1.807, 2.05) is 6.92 Å². The Balaban J connectivity index is 1.79. The molecule has 18 heavy (non-hydrogen) atoms. The average Bonchev–Trinajstić information content (AvgIpc) is 2.73. The highest BCUT2D eigenvalue weighted by Gasteiger charge is 2.32. The van der Waals surface area contributed by atoms with Crippen LogP contribution in [0.5, 0.6) is 0 Å². The number of nitrogens with one attached hydrogen (secondary N) is 1. The Bertz CT molecular complexity index is 394. The first-order valence-corrected chi connectivity index (χ1v) is 6.22. The van der Waals surface area contributed by atoms with Gasteiger partial charge in [0.2, 0.25) is 5.95 Å². The monoisotopic (exact) mass is 254 g/mol. The number of pyridine rings is 1. The number of nitrogens with zero attached hydrogens (tertiary/aromatic N) is 1. The summed E-state index contributed by atoms with van der Waals surface area (Å²) in [7, 11) is 0. The van der Waals surface area contributed by atoms with Crippen LogP contribution in [0.2, 0.25) is 0 Å². The summed E-state index contributed by atoms with van der Waals surface area (Å²) < 4.78 is 24.0. The minimum Gasteiger partial charge on any atom is -0.370 e. The molecule has 0 spiro atoms. The normalized spacial score (nSPS) is 19.7. The lowest BCUT2D eigenvalue weighted by Gasteiger charge is -2.26. The molecule has 1 N–H and O–H groups in total. The van der Waals surface area contributed by atoms with Crippen LogP contribution in [-0.4, -0.2) is 30.5 Å². The summed E-state index contributed by atoms with van der Waals surface area (Å²) in [5, 5.41) is 3.11. The fourth-order valence-corrected chi connectivity index (χ4v) is 2.17. The molecule has 1 aromatic heterocycles. The number of ether oxygens (including phenoxy) is 2. The lowest BCUT2D eigenvalue weighted by molar-refractivity contribution is -0.153. The molecule has 0 amide bonds. The molecule has 1 aliphatic heterocycles. The van der Waals surface area contributed by atoms with E-state index in [4.69, 9.17) is 9.47 Å². The molecule has 1 aromatic rings. The van der Waals surface area contributed by atoms with Crippen molar-refractivity contribution in [3.63, 3.8) is 0 Å². The second kappa shape index (κ2) is 5.63. The van der Waals surface area contributed by atoms with E-state index in [1.54, 1.807) is 12.1 Å². The average molecular weight is 254 g/mol. The first-order valence-electron chi connectivity index (χ1n) is 6.22. The zero-order valence-electron chi connectivity index (χ0n) is 10.8. The fraction of sp³-hybridized carbons (Fsp3) is 0.615. The Morgan fingerprint density at radius 2 is 2.17 bits per heavy atom. The molecule has 0 bridgehead atoms. The zero-order chi connectivity index (χ0) is 13.0. The van der Waals surface area contributed by atoms with Crippen molar-refractivity contribution >= 4 is 5.82 Å². The van der Waals surface area contributed by atoms with E-state index >= 15 is 0 Å². The van der Waals surface area contributed by atoms with Gasteiger partial charge in [-0.2, -0.15) is 4.39 Å². The molecule has 0 saturated carbocycles. The Morgan fingerprint density at radius 3 is 2.83 bits per heavy atom.